The first-order valence-electron chi connectivity index (χ1n) is 13.2. The topological polar surface area (TPSA) is 109 Å². The molecule has 41 heavy (non-hydrogen) atoms. The number of hydrogen-bond donors (Lipinski definition) is 1. The summed E-state index contributed by atoms with van der Waals surface area (Å²) >= 11 is 2.78. The van der Waals surface area contributed by atoms with Crippen LogP contribution in [0.5, 0.6) is 11.5 Å². The van der Waals surface area contributed by atoms with Crippen molar-refractivity contribution in [1.82, 2.24) is 19.2 Å². The van der Waals surface area contributed by atoms with Crippen LogP contribution in [0.1, 0.15) is 24.3 Å². The number of methoxy groups -OCH3 is 2. The highest BCUT2D eigenvalue weighted by Crippen LogP contribution is 2.37. The number of aromatic nitrogens is 4. The lowest BCUT2D eigenvalue weighted by Gasteiger charge is -2.26. The summed E-state index contributed by atoms with van der Waals surface area (Å²) in [5.41, 5.74) is 2.10. The van der Waals surface area contributed by atoms with Crippen LogP contribution in [0.25, 0.3) is 21.7 Å². The van der Waals surface area contributed by atoms with Crippen molar-refractivity contribution in [1.29, 1.82) is 0 Å². The van der Waals surface area contributed by atoms with Crippen molar-refractivity contribution >= 4 is 50.7 Å². The summed E-state index contributed by atoms with van der Waals surface area (Å²) in [6.45, 7) is 4.71. The smallest absolute Gasteiger partial charge is 0.268 e. The highest BCUT2D eigenvalue weighted by Gasteiger charge is 2.30. The van der Waals surface area contributed by atoms with Crippen molar-refractivity contribution in [2.75, 3.05) is 25.3 Å². The second-order valence-corrected chi connectivity index (χ2v) is 12.0. The van der Waals surface area contributed by atoms with Gasteiger partial charge in [0.05, 0.1) is 49.4 Å². The van der Waals surface area contributed by atoms with Gasteiger partial charge in [-0.25, -0.2) is 8.97 Å². The van der Waals surface area contributed by atoms with Crippen LogP contribution in [-0.4, -0.2) is 51.1 Å². The van der Waals surface area contributed by atoms with Crippen molar-refractivity contribution in [2.45, 2.75) is 38.1 Å². The van der Waals surface area contributed by atoms with Crippen LogP contribution >= 0.6 is 23.1 Å². The number of fused-ring (bicyclic) bond motifs is 5. The van der Waals surface area contributed by atoms with Crippen LogP contribution in [-0.2, 0) is 22.6 Å². The van der Waals surface area contributed by atoms with Crippen molar-refractivity contribution in [3.63, 3.8) is 0 Å². The van der Waals surface area contributed by atoms with Gasteiger partial charge in [0.15, 0.2) is 5.16 Å². The van der Waals surface area contributed by atoms with Gasteiger partial charge in [-0.15, -0.1) is 21.5 Å². The number of hydrogen-bond acceptors (Lipinski definition) is 9. The Morgan fingerprint density at radius 2 is 1.93 bits per heavy atom. The first kappa shape index (κ1) is 27.3. The molecule has 1 aliphatic rings. The maximum Gasteiger partial charge on any atom is 0.268 e. The van der Waals surface area contributed by atoms with Crippen LogP contribution in [0.4, 0.5) is 5.69 Å². The number of ether oxygens (including phenoxy) is 3. The fourth-order valence-electron chi connectivity index (χ4n) is 4.99. The molecule has 4 heterocycles. The molecule has 2 aromatic carbocycles. The van der Waals surface area contributed by atoms with Crippen LogP contribution < -0.4 is 20.3 Å². The van der Waals surface area contributed by atoms with E-state index >= 15 is 0 Å². The summed E-state index contributed by atoms with van der Waals surface area (Å²) in [6.07, 6.45) is 0.681. The van der Waals surface area contributed by atoms with Gasteiger partial charge in [0.1, 0.15) is 16.3 Å². The molecule has 0 bridgehead atoms. The van der Waals surface area contributed by atoms with E-state index in [-0.39, 0.29) is 23.3 Å². The molecule has 1 aliphatic heterocycles. The van der Waals surface area contributed by atoms with Gasteiger partial charge < -0.3 is 19.5 Å². The second kappa shape index (κ2) is 11.2. The Bertz CT molecular complexity index is 1810. The fraction of sp³-hybridized carbons (Fsp3) is 0.310. The minimum atomic E-state index is -0.213. The standard InChI is InChI=1S/C29H29N5O5S2/c1-16(2)22-13-19-23(14-39-22)41-27-25(19)26(36)33(17-9-11-18(37-3)12-10-17)28-31-32-29(34(27)28)40-15-24(35)30-20-7-5-6-8-21(20)38-4/h5-12,16,22H,13-15H2,1-4H3,(H,30,35). The molecule has 5 aromatic rings. The van der Waals surface area contributed by atoms with E-state index in [1.165, 1.54) is 23.1 Å². The van der Waals surface area contributed by atoms with E-state index in [2.05, 4.69) is 29.4 Å². The lowest BCUT2D eigenvalue weighted by molar-refractivity contribution is -0.113. The molecule has 0 radical (unpaired) electrons. The number of carbonyl (C=O) groups excluding carboxylic acids is 1. The molecule has 12 heteroatoms. The van der Waals surface area contributed by atoms with E-state index in [0.29, 0.717) is 58.1 Å². The third-order valence-electron chi connectivity index (χ3n) is 7.13. The minimum Gasteiger partial charge on any atom is -0.497 e. The Labute approximate surface area is 244 Å². The molecular weight excluding hydrogens is 562 g/mol. The highest BCUT2D eigenvalue weighted by molar-refractivity contribution is 7.99. The van der Waals surface area contributed by atoms with Crippen molar-refractivity contribution in [3.05, 3.63) is 69.3 Å². The average molecular weight is 592 g/mol. The first-order valence-corrected chi connectivity index (χ1v) is 15.0. The molecule has 1 atom stereocenters. The number of anilines is 1. The maximum absolute atomic E-state index is 14.2. The largest absolute Gasteiger partial charge is 0.497 e. The Kier molecular flexibility index (Phi) is 7.45. The van der Waals surface area contributed by atoms with Gasteiger partial charge in [0, 0.05) is 11.3 Å². The molecule has 0 saturated carbocycles. The Morgan fingerprint density at radius 1 is 1.15 bits per heavy atom. The van der Waals surface area contributed by atoms with Gasteiger partial charge in [-0.1, -0.05) is 37.7 Å². The van der Waals surface area contributed by atoms with Gasteiger partial charge in [-0.3, -0.25) is 9.59 Å². The van der Waals surface area contributed by atoms with E-state index in [9.17, 15) is 9.59 Å². The van der Waals surface area contributed by atoms with Gasteiger partial charge in [-0.2, -0.15) is 0 Å². The van der Waals surface area contributed by atoms with Crippen LogP contribution in [0, 0.1) is 5.92 Å². The molecule has 0 aliphatic carbocycles. The molecule has 0 saturated heterocycles. The van der Waals surface area contributed by atoms with Gasteiger partial charge in [0.25, 0.3) is 5.56 Å². The first-order chi connectivity index (χ1) is 19.9. The number of para-hydroxylation sites is 2. The van der Waals surface area contributed by atoms with E-state index in [0.717, 1.165) is 15.3 Å². The van der Waals surface area contributed by atoms with E-state index < -0.39 is 0 Å². The SMILES string of the molecule is COc1ccc(-n2c(=O)c3c4c(sc3n3c(SCC(=O)Nc5ccccc5OC)nnc23)COC(C(C)C)C4)cc1. The van der Waals surface area contributed by atoms with E-state index in [4.69, 9.17) is 14.2 Å². The zero-order chi connectivity index (χ0) is 28.7. The van der Waals surface area contributed by atoms with Crippen LogP contribution in [0.3, 0.4) is 0 Å². The third kappa shape index (κ3) is 4.96. The number of thioether (sulfide) groups is 1. The normalized spacial score (nSPS) is 14.9. The average Bonchev–Trinajstić information content (AvgIpc) is 3.58. The van der Waals surface area contributed by atoms with Crippen molar-refractivity contribution in [2.24, 2.45) is 5.92 Å². The number of carbonyl (C=O) groups is 1. The Hall–Kier alpha value is -3.87. The minimum absolute atomic E-state index is 0.0262. The molecular formula is C29H29N5O5S2. The molecule has 6 rings (SSSR count). The quantitative estimate of drug-likeness (QED) is 0.253. The molecule has 0 spiro atoms. The molecule has 10 nitrogen and oxygen atoms in total. The fourth-order valence-corrected chi connectivity index (χ4v) is 7.02. The number of thiophene rings is 1. The third-order valence-corrected chi connectivity index (χ3v) is 9.25. The second-order valence-electron chi connectivity index (χ2n) is 9.98. The summed E-state index contributed by atoms with van der Waals surface area (Å²) in [4.78, 5) is 28.9. The maximum atomic E-state index is 14.2. The summed E-state index contributed by atoms with van der Waals surface area (Å²) < 4.78 is 20.3. The zero-order valence-corrected chi connectivity index (χ0v) is 24.7. The lowest BCUT2D eigenvalue weighted by atomic mass is 9.96. The van der Waals surface area contributed by atoms with E-state index in [1.807, 2.05) is 40.8 Å². The van der Waals surface area contributed by atoms with Gasteiger partial charge in [-0.05, 0) is 47.9 Å². The summed E-state index contributed by atoms with van der Waals surface area (Å²) in [7, 11) is 3.16. The molecule has 1 N–H and O–H groups in total. The zero-order valence-electron chi connectivity index (χ0n) is 23.0. The summed E-state index contributed by atoms with van der Waals surface area (Å²) in [5.74, 6) is 1.83. The van der Waals surface area contributed by atoms with Gasteiger partial charge >= 0.3 is 0 Å². The number of benzene rings is 2. The monoisotopic (exact) mass is 591 g/mol. The Balaban J connectivity index is 1.45. The summed E-state index contributed by atoms with van der Waals surface area (Å²) in [6, 6.07) is 14.5. The molecule has 3 aromatic heterocycles. The predicted octanol–water partition coefficient (Wildman–Crippen LogP) is 4.94. The van der Waals surface area contributed by atoms with E-state index in [1.54, 1.807) is 30.9 Å². The predicted molar refractivity (Wildman–Crippen MR) is 160 cm³/mol. The number of amides is 1. The number of nitrogens with zero attached hydrogens (tertiary/aromatic N) is 4. The van der Waals surface area contributed by atoms with Crippen molar-refractivity contribution in [3.8, 4) is 17.2 Å². The van der Waals surface area contributed by atoms with Crippen molar-refractivity contribution < 1.29 is 19.0 Å². The molecule has 1 amide bonds. The molecule has 212 valence electrons. The van der Waals surface area contributed by atoms with Crippen LogP contribution in [0.15, 0.2) is 58.5 Å². The van der Waals surface area contributed by atoms with Crippen LogP contribution in [0.2, 0.25) is 0 Å². The highest BCUT2D eigenvalue weighted by atomic mass is 32.2. The number of rotatable bonds is 8. The number of nitrogens with one attached hydrogen (secondary N) is 1. The summed E-state index contributed by atoms with van der Waals surface area (Å²) in [5, 5.41) is 12.9. The van der Waals surface area contributed by atoms with Gasteiger partial charge in [0.2, 0.25) is 11.7 Å². The lowest BCUT2D eigenvalue weighted by Crippen LogP contribution is -2.28. The molecule has 1 unspecified atom stereocenters. The molecule has 0 fully saturated rings. The Morgan fingerprint density at radius 3 is 2.66 bits per heavy atom.